The second-order valence-corrected chi connectivity index (χ2v) is 5.86. The minimum Gasteiger partial charge on any atom is -0.496 e. The highest BCUT2D eigenvalue weighted by atomic mass is 32.1. The first-order chi connectivity index (χ1) is 10.1. The number of anilines is 1. The zero-order valence-corrected chi connectivity index (χ0v) is 13.1. The molecule has 108 valence electrons. The van der Waals surface area contributed by atoms with Crippen molar-refractivity contribution in [3.05, 3.63) is 41.3 Å². The third-order valence-electron chi connectivity index (χ3n) is 3.47. The van der Waals surface area contributed by atoms with Gasteiger partial charge in [0.15, 0.2) is 0 Å². The summed E-state index contributed by atoms with van der Waals surface area (Å²) >= 11 is 1.66. The van der Waals surface area contributed by atoms with Gasteiger partial charge in [-0.25, -0.2) is 0 Å². The number of rotatable bonds is 3. The maximum absolute atomic E-state index is 6.23. The fourth-order valence-electron chi connectivity index (χ4n) is 2.40. The lowest BCUT2D eigenvalue weighted by atomic mass is 10.0. The van der Waals surface area contributed by atoms with Crippen LogP contribution in [0.2, 0.25) is 0 Å². The summed E-state index contributed by atoms with van der Waals surface area (Å²) in [6.45, 7) is 2.06. The van der Waals surface area contributed by atoms with Crippen molar-refractivity contribution in [2.45, 2.75) is 6.92 Å². The molecule has 0 aliphatic carbocycles. The monoisotopic (exact) mass is 299 g/mol. The van der Waals surface area contributed by atoms with E-state index >= 15 is 0 Å². The molecule has 2 heterocycles. The number of benzene rings is 1. The average Bonchev–Trinajstić information content (AvgIpc) is 3.08. The first-order valence-electron chi connectivity index (χ1n) is 6.63. The normalized spacial score (nSPS) is 10.8. The zero-order chi connectivity index (χ0) is 15.0. The lowest BCUT2D eigenvalue weighted by Gasteiger charge is -2.09. The van der Waals surface area contributed by atoms with E-state index in [1.165, 1.54) is 0 Å². The number of ether oxygens (including phenoxy) is 1. The largest absolute Gasteiger partial charge is 0.496 e. The summed E-state index contributed by atoms with van der Waals surface area (Å²) in [5.41, 5.74) is 10.2. The van der Waals surface area contributed by atoms with Crippen LogP contribution in [0.1, 0.15) is 5.56 Å². The van der Waals surface area contributed by atoms with Gasteiger partial charge in [-0.15, -0.1) is 11.3 Å². The maximum atomic E-state index is 6.23. The van der Waals surface area contributed by atoms with Gasteiger partial charge in [0.05, 0.1) is 12.7 Å². The molecule has 0 aliphatic rings. The molecule has 0 amide bonds. The Balaban J connectivity index is 2.29. The van der Waals surface area contributed by atoms with Gasteiger partial charge in [-0.2, -0.15) is 5.10 Å². The van der Waals surface area contributed by atoms with Crippen LogP contribution in [0, 0.1) is 6.92 Å². The molecule has 0 unspecified atom stereocenters. The van der Waals surface area contributed by atoms with Crippen LogP contribution >= 0.6 is 11.3 Å². The second-order valence-electron chi connectivity index (χ2n) is 4.91. The minimum atomic E-state index is 0.663. The third kappa shape index (κ3) is 2.29. The van der Waals surface area contributed by atoms with Gasteiger partial charge in [0.2, 0.25) is 0 Å². The van der Waals surface area contributed by atoms with E-state index < -0.39 is 0 Å². The number of hydrogen-bond acceptors (Lipinski definition) is 4. The molecular formula is C16H17N3OS. The molecule has 0 saturated heterocycles. The Bertz CT molecular complexity index is 775. The van der Waals surface area contributed by atoms with Gasteiger partial charge >= 0.3 is 0 Å². The molecule has 3 rings (SSSR count). The SMILES string of the molecule is COc1ccc(C)cc1-c1nn(C)c(N)c1-c1cccs1. The van der Waals surface area contributed by atoms with Crippen molar-refractivity contribution in [2.24, 2.45) is 7.05 Å². The van der Waals surface area contributed by atoms with Crippen molar-refractivity contribution in [3.8, 4) is 27.4 Å². The third-order valence-corrected chi connectivity index (χ3v) is 4.36. The molecule has 0 aliphatic heterocycles. The molecule has 21 heavy (non-hydrogen) atoms. The standard InChI is InChI=1S/C16H17N3OS/c1-10-6-7-12(20-3)11(9-10)15-14(13-5-4-8-21-13)16(17)19(2)18-15/h4-9H,17H2,1-3H3. The Kier molecular flexibility index (Phi) is 3.43. The highest BCUT2D eigenvalue weighted by molar-refractivity contribution is 7.13. The molecular weight excluding hydrogens is 282 g/mol. The van der Waals surface area contributed by atoms with Gasteiger partial charge in [-0.05, 0) is 30.5 Å². The molecule has 1 aromatic carbocycles. The number of nitrogens with zero attached hydrogens (tertiary/aromatic N) is 2. The summed E-state index contributed by atoms with van der Waals surface area (Å²) in [5, 5.41) is 6.65. The van der Waals surface area contributed by atoms with E-state index in [0.717, 1.165) is 33.0 Å². The van der Waals surface area contributed by atoms with Crippen LogP contribution in [0.5, 0.6) is 5.75 Å². The fraction of sp³-hybridized carbons (Fsp3) is 0.188. The second kappa shape index (κ2) is 5.26. The Morgan fingerprint density at radius 3 is 2.76 bits per heavy atom. The van der Waals surface area contributed by atoms with Gasteiger partial charge in [0.25, 0.3) is 0 Å². The van der Waals surface area contributed by atoms with Gasteiger partial charge in [0, 0.05) is 17.5 Å². The van der Waals surface area contributed by atoms with Crippen LogP contribution in [0.25, 0.3) is 21.7 Å². The lowest BCUT2D eigenvalue weighted by Crippen LogP contribution is -1.97. The van der Waals surface area contributed by atoms with Crippen molar-refractivity contribution in [2.75, 3.05) is 12.8 Å². The highest BCUT2D eigenvalue weighted by Crippen LogP contribution is 2.41. The topological polar surface area (TPSA) is 53.1 Å². The van der Waals surface area contributed by atoms with Gasteiger partial charge in [-0.1, -0.05) is 17.7 Å². The number of nitrogen functional groups attached to an aromatic ring is 1. The van der Waals surface area contributed by atoms with E-state index in [4.69, 9.17) is 10.5 Å². The first-order valence-corrected chi connectivity index (χ1v) is 7.51. The van der Waals surface area contributed by atoms with E-state index in [2.05, 4.69) is 24.2 Å². The molecule has 0 radical (unpaired) electrons. The summed E-state index contributed by atoms with van der Waals surface area (Å²) in [5.74, 6) is 1.47. The van der Waals surface area contributed by atoms with Crippen LogP contribution in [0.3, 0.4) is 0 Å². The Hall–Kier alpha value is -2.27. The molecule has 4 nitrogen and oxygen atoms in total. The summed E-state index contributed by atoms with van der Waals surface area (Å²) in [7, 11) is 3.53. The molecule has 0 spiro atoms. The lowest BCUT2D eigenvalue weighted by molar-refractivity contribution is 0.416. The Morgan fingerprint density at radius 1 is 1.29 bits per heavy atom. The summed E-state index contributed by atoms with van der Waals surface area (Å²) < 4.78 is 7.20. The van der Waals surface area contributed by atoms with Crippen LogP contribution in [-0.2, 0) is 7.05 Å². The molecule has 0 fully saturated rings. The predicted octanol–water partition coefficient (Wildman–Crippen LogP) is 3.71. The van der Waals surface area contributed by atoms with E-state index in [1.54, 1.807) is 23.1 Å². The fourth-order valence-corrected chi connectivity index (χ4v) is 3.18. The number of methoxy groups -OCH3 is 1. The van der Waals surface area contributed by atoms with E-state index in [0.29, 0.717) is 5.82 Å². The number of aromatic nitrogens is 2. The molecule has 2 N–H and O–H groups in total. The van der Waals surface area contributed by atoms with E-state index in [-0.39, 0.29) is 0 Å². The van der Waals surface area contributed by atoms with Crippen molar-refractivity contribution < 1.29 is 4.74 Å². The highest BCUT2D eigenvalue weighted by Gasteiger charge is 2.20. The molecule has 0 saturated carbocycles. The van der Waals surface area contributed by atoms with Gasteiger partial charge in [0.1, 0.15) is 17.3 Å². The van der Waals surface area contributed by atoms with Crippen LogP contribution < -0.4 is 10.5 Å². The summed E-state index contributed by atoms with van der Waals surface area (Å²) in [4.78, 5) is 1.11. The number of thiophene rings is 1. The quantitative estimate of drug-likeness (QED) is 0.802. The number of hydrogen-bond donors (Lipinski definition) is 1. The Morgan fingerprint density at radius 2 is 2.10 bits per heavy atom. The van der Waals surface area contributed by atoms with E-state index in [9.17, 15) is 0 Å². The Labute approximate surface area is 127 Å². The summed E-state index contributed by atoms with van der Waals surface area (Å²) in [6.07, 6.45) is 0. The minimum absolute atomic E-state index is 0.663. The molecule has 2 aromatic heterocycles. The molecule has 3 aromatic rings. The zero-order valence-electron chi connectivity index (χ0n) is 12.3. The maximum Gasteiger partial charge on any atom is 0.130 e. The van der Waals surface area contributed by atoms with E-state index in [1.807, 2.05) is 30.6 Å². The van der Waals surface area contributed by atoms with Crippen molar-refractivity contribution >= 4 is 17.2 Å². The number of aryl methyl sites for hydroxylation is 2. The van der Waals surface area contributed by atoms with Crippen LogP contribution in [-0.4, -0.2) is 16.9 Å². The predicted molar refractivity (Wildman–Crippen MR) is 87.7 cm³/mol. The average molecular weight is 299 g/mol. The van der Waals surface area contributed by atoms with Crippen molar-refractivity contribution in [1.82, 2.24) is 9.78 Å². The molecule has 0 atom stereocenters. The van der Waals surface area contributed by atoms with Gasteiger partial charge in [-0.3, -0.25) is 4.68 Å². The van der Waals surface area contributed by atoms with Crippen LogP contribution in [0.4, 0.5) is 5.82 Å². The van der Waals surface area contributed by atoms with Crippen molar-refractivity contribution in [3.63, 3.8) is 0 Å². The number of nitrogens with two attached hydrogens (primary N) is 1. The summed E-state index contributed by atoms with van der Waals surface area (Å²) in [6, 6.07) is 10.2. The van der Waals surface area contributed by atoms with Crippen molar-refractivity contribution in [1.29, 1.82) is 0 Å². The van der Waals surface area contributed by atoms with Gasteiger partial charge < -0.3 is 10.5 Å². The molecule has 5 heteroatoms. The smallest absolute Gasteiger partial charge is 0.130 e. The first kappa shape index (κ1) is 13.7. The van der Waals surface area contributed by atoms with Crippen LogP contribution in [0.15, 0.2) is 35.7 Å². The molecule has 0 bridgehead atoms.